The first-order valence-electron chi connectivity index (χ1n) is 7.44. The minimum atomic E-state index is 0.171. The number of ether oxygens (including phenoxy) is 1. The number of rotatable bonds is 6. The molecule has 0 saturated heterocycles. The summed E-state index contributed by atoms with van der Waals surface area (Å²) in [7, 11) is 3.67. The first-order valence-corrected chi connectivity index (χ1v) is 7.44. The Labute approximate surface area is 127 Å². The smallest absolute Gasteiger partial charge is 0.119 e. The van der Waals surface area contributed by atoms with E-state index in [2.05, 4.69) is 49.5 Å². The van der Waals surface area contributed by atoms with E-state index in [1.807, 2.05) is 17.8 Å². The lowest BCUT2D eigenvalue weighted by Gasteiger charge is -2.21. The maximum Gasteiger partial charge on any atom is 0.119 e. The molecule has 0 fully saturated rings. The average molecular weight is 287 g/mol. The molecule has 1 heterocycles. The Morgan fingerprint density at radius 2 is 2.05 bits per heavy atom. The van der Waals surface area contributed by atoms with Crippen molar-refractivity contribution in [2.75, 3.05) is 13.7 Å². The lowest BCUT2D eigenvalue weighted by molar-refractivity contribution is 0.414. The highest BCUT2D eigenvalue weighted by molar-refractivity contribution is 5.41. The third kappa shape index (κ3) is 3.45. The van der Waals surface area contributed by atoms with Crippen molar-refractivity contribution < 1.29 is 4.74 Å². The number of hydrogen-bond donors (Lipinski definition) is 1. The molecular weight excluding hydrogens is 262 g/mol. The third-order valence-corrected chi connectivity index (χ3v) is 3.75. The van der Waals surface area contributed by atoms with Gasteiger partial charge in [-0.05, 0) is 50.1 Å². The minimum absolute atomic E-state index is 0.171. The number of nitrogens with one attached hydrogen (secondary N) is 1. The zero-order chi connectivity index (χ0) is 15.4. The van der Waals surface area contributed by atoms with Crippen molar-refractivity contribution >= 4 is 0 Å². The van der Waals surface area contributed by atoms with Crippen LogP contribution in [0.4, 0.5) is 0 Å². The van der Waals surface area contributed by atoms with Crippen LogP contribution in [0, 0.1) is 13.8 Å². The molecule has 4 heteroatoms. The number of hydrogen-bond acceptors (Lipinski definition) is 3. The number of methoxy groups -OCH3 is 1. The predicted octanol–water partition coefficient (Wildman–Crippen LogP) is 3.13. The van der Waals surface area contributed by atoms with Gasteiger partial charge in [0.2, 0.25) is 0 Å². The lowest BCUT2D eigenvalue weighted by atomic mass is 9.95. The second kappa shape index (κ2) is 6.76. The lowest BCUT2D eigenvalue weighted by Crippen LogP contribution is -2.24. The van der Waals surface area contributed by atoms with E-state index in [1.165, 1.54) is 16.7 Å². The summed E-state index contributed by atoms with van der Waals surface area (Å²) in [6.45, 7) is 7.35. The minimum Gasteiger partial charge on any atom is -0.497 e. The zero-order valence-corrected chi connectivity index (χ0v) is 13.6. The Bertz CT molecular complexity index is 604. The summed E-state index contributed by atoms with van der Waals surface area (Å²) < 4.78 is 7.19. The molecule has 0 spiro atoms. The van der Waals surface area contributed by atoms with Gasteiger partial charge in [0.15, 0.2) is 0 Å². The fourth-order valence-electron chi connectivity index (χ4n) is 2.68. The second-order valence-corrected chi connectivity index (χ2v) is 5.45. The number of aryl methyl sites for hydroxylation is 3. The van der Waals surface area contributed by atoms with Crippen LogP contribution < -0.4 is 10.1 Å². The molecule has 1 aromatic carbocycles. The van der Waals surface area contributed by atoms with Gasteiger partial charge in [0.05, 0.1) is 18.8 Å². The van der Waals surface area contributed by atoms with Gasteiger partial charge in [-0.1, -0.05) is 13.0 Å². The molecule has 2 aromatic rings. The van der Waals surface area contributed by atoms with Gasteiger partial charge in [0, 0.05) is 18.8 Å². The standard InChI is InChI=1S/C17H25N3O/c1-6-9-18-17(16-11-20(4)19-13(16)3)15-8-7-14(21-5)10-12(15)2/h7-8,10-11,17-18H,6,9H2,1-5H3. The summed E-state index contributed by atoms with van der Waals surface area (Å²) in [6.07, 6.45) is 3.21. The highest BCUT2D eigenvalue weighted by Crippen LogP contribution is 2.29. The summed E-state index contributed by atoms with van der Waals surface area (Å²) in [5.74, 6) is 0.897. The van der Waals surface area contributed by atoms with Crippen LogP contribution in [-0.4, -0.2) is 23.4 Å². The van der Waals surface area contributed by atoms with Crippen molar-refractivity contribution in [2.45, 2.75) is 33.2 Å². The summed E-state index contributed by atoms with van der Waals surface area (Å²) in [4.78, 5) is 0. The zero-order valence-electron chi connectivity index (χ0n) is 13.6. The molecule has 21 heavy (non-hydrogen) atoms. The molecule has 0 amide bonds. The summed E-state index contributed by atoms with van der Waals surface area (Å²) >= 11 is 0. The average Bonchev–Trinajstić information content (AvgIpc) is 2.79. The van der Waals surface area contributed by atoms with Gasteiger partial charge in [-0.3, -0.25) is 4.68 Å². The Morgan fingerprint density at radius 3 is 2.57 bits per heavy atom. The molecular formula is C17H25N3O. The van der Waals surface area contributed by atoms with Crippen molar-refractivity contribution in [1.82, 2.24) is 15.1 Å². The van der Waals surface area contributed by atoms with Crippen LogP contribution in [-0.2, 0) is 7.05 Å². The maximum absolute atomic E-state index is 5.31. The quantitative estimate of drug-likeness (QED) is 0.887. The molecule has 0 bridgehead atoms. The Kier molecular flexibility index (Phi) is 5.02. The molecule has 0 aliphatic heterocycles. The van der Waals surface area contributed by atoms with E-state index >= 15 is 0 Å². The van der Waals surface area contributed by atoms with Crippen LogP contribution in [0.5, 0.6) is 5.75 Å². The third-order valence-electron chi connectivity index (χ3n) is 3.75. The Hall–Kier alpha value is -1.81. The summed E-state index contributed by atoms with van der Waals surface area (Å²) in [6, 6.07) is 6.43. The fourth-order valence-corrected chi connectivity index (χ4v) is 2.68. The molecule has 0 radical (unpaired) electrons. The molecule has 2 rings (SSSR count). The number of aromatic nitrogens is 2. The van der Waals surface area contributed by atoms with Gasteiger partial charge in [0.1, 0.15) is 5.75 Å². The van der Waals surface area contributed by atoms with Crippen molar-refractivity contribution in [3.05, 3.63) is 46.8 Å². The van der Waals surface area contributed by atoms with E-state index in [9.17, 15) is 0 Å². The van der Waals surface area contributed by atoms with Crippen molar-refractivity contribution in [3.8, 4) is 5.75 Å². The molecule has 1 unspecified atom stereocenters. The van der Waals surface area contributed by atoms with E-state index < -0.39 is 0 Å². The van der Waals surface area contributed by atoms with Crippen LogP contribution >= 0.6 is 0 Å². The Balaban J connectivity index is 2.42. The largest absolute Gasteiger partial charge is 0.497 e. The SMILES string of the molecule is CCCNC(c1ccc(OC)cc1C)c1cn(C)nc1C. The van der Waals surface area contributed by atoms with Crippen LogP contribution in [0.3, 0.4) is 0 Å². The van der Waals surface area contributed by atoms with Crippen LogP contribution in [0.2, 0.25) is 0 Å². The van der Waals surface area contributed by atoms with E-state index in [4.69, 9.17) is 4.74 Å². The van der Waals surface area contributed by atoms with Gasteiger partial charge in [-0.25, -0.2) is 0 Å². The van der Waals surface area contributed by atoms with Crippen LogP contribution in [0.15, 0.2) is 24.4 Å². The van der Waals surface area contributed by atoms with Gasteiger partial charge in [-0.15, -0.1) is 0 Å². The maximum atomic E-state index is 5.31. The van der Waals surface area contributed by atoms with Crippen LogP contribution in [0.25, 0.3) is 0 Å². The van der Waals surface area contributed by atoms with Crippen molar-refractivity contribution in [3.63, 3.8) is 0 Å². The topological polar surface area (TPSA) is 39.1 Å². The number of nitrogens with zero attached hydrogens (tertiary/aromatic N) is 2. The molecule has 0 saturated carbocycles. The van der Waals surface area contributed by atoms with E-state index in [1.54, 1.807) is 7.11 Å². The summed E-state index contributed by atoms with van der Waals surface area (Å²) in [5.41, 5.74) is 4.81. The molecule has 0 aliphatic carbocycles. The molecule has 1 aromatic heterocycles. The van der Waals surface area contributed by atoms with E-state index in [-0.39, 0.29) is 6.04 Å². The van der Waals surface area contributed by atoms with Crippen LogP contribution in [0.1, 0.15) is 41.8 Å². The van der Waals surface area contributed by atoms with Crippen molar-refractivity contribution in [2.24, 2.45) is 7.05 Å². The molecule has 4 nitrogen and oxygen atoms in total. The van der Waals surface area contributed by atoms with Gasteiger partial charge in [0.25, 0.3) is 0 Å². The molecule has 1 N–H and O–H groups in total. The highest BCUT2D eigenvalue weighted by atomic mass is 16.5. The van der Waals surface area contributed by atoms with Gasteiger partial charge < -0.3 is 10.1 Å². The monoisotopic (exact) mass is 287 g/mol. The van der Waals surface area contributed by atoms with Crippen molar-refractivity contribution in [1.29, 1.82) is 0 Å². The molecule has 114 valence electrons. The molecule has 1 atom stereocenters. The normalized spacial score (nSPS) is 12.4. The van der Waals surface area contributed by atoms with E-state index in [0.29, 0.717) is 0 Å². The van der Waals surface area contributed by atoms with Gasteiger partial charge >= 0.3 is 0 Å². The highest BCUT2D eigenvalue weighted by Gasteiger charge is 2.19. The predicted molar refractivity (Wildman–Crippen MR) is 85.8 cm³/mol. The first kappa shape index (κ1) is 15.6. The van der Waals surface area contributed by atoms with E-state index in [0.717, 1.165) is 24.4 Å². The first-order chi connectivity index (χ1) is 10.1. The van der Waals surface area contributed by atoms with Gasteiger partial charge in [-0.2, -0.15) is 5.10 Å². The Morgan fingerprint density at radius 1 is 1.29 bits per heavy atom. The molecule has 0 aliphatic rings. The second-order valence-electron chi connectivity index (χ2n) is 5.45. The fraction of sp³-hybridized carbons (Fsp3) is 0.471. The summed E-state index contributed by atoms with van der Waals surface area (Å²) in [5, 5.41) is 8.12. The number of benzene rings is 1.